The summed E-state index contributed by atoms with van der Waals surface area (Å²) in [5.41, 5.74) is 2.36. The number of pyridine rings is 1. The predicted octanol–water partition coefficient (Wildman–Crippen LogP) is 4.39. The molecule has 0 saturated carbocycles. The monoisotopic (exact) mass is 284 g/mol. The molecule has 3 nitrogen and oxygen atoms in total. The van der Waals surface area contributed by atoms with Gasteiger partial charge in [0.25, 0.3) is 0 Å². The van der Waals surface area contributed by atoms with Crippen LogP contribution in [0.1, 0.15) is 38.8 Å². The van der Waals surface area contributed by atoms with Crippen molar-refractivity contribution >= 4 is 5.82 Å². The third-order valence-corrected chi connectivity index (χ3v) is 3.31. The summed E-state index contributed by atoms with van der Waals surface area (Å²) < 4.78 is 6.06. The number of nitrogens with one attached hydrogen (secondary N) is 1. The Morgan fingerprint density at radius 3 is 2.57 bits per heavy atom. The Balaban J connectivity index is 2.18. The number of benzene rings is 1. The first-order valence-corrected chi connectivity index (χ1v) is 7.42. The molecule has 0 bridgehead atoms. The lowest BCUT2D eigenvalue weighted by Gasteiger charge is -2.23. The molecular formula is C18H24N2O. The van der Waals surface area contributed by atoms with Gasteiger partial charge in [-0.05, 0) is 30.0 Å². The molecule has 0 atom stereocenters. The second-order valence-corrected chi connectivity index (χ2v) is 6.08. The zero-order chi connectivity index (χ0) is 15.3. The van der Waals surface area contributed by atoms with Gasteiger partial charge in [0.05, 0.1) is 0 Å². The van der Waals surface area contributed by atoms with Crippen molar-refractivity contribution in [3.63, 3.8) is 0 Å². The fraction of sp³-hybridized carbons (Fsp3) is 0.389. The molecule has 112 valence electrons. The molecular weight excluding hydrogens is 260 g/mol. The van der Waals surface area contributed by atoms with Gasteiger partial charge >= 0.3 is 0 Å². The summed E-state index contributed by atoms with van der Waals surface area (Å²) in [6, 6.07) is 12.2. The molecule has 0 unspecified atom stereocenters. The number of hydrogen-bond acceptors (Lipinski definition) is 3. The van der Waals surface area contributed by atoms with Crippen LogP contribution in [0.3, 0.4) is 0 Å². The van der Waals surface area contributed by atoms with E-state index >= 15 is 0 Å². The Morgan fingerprint density at radius 2 is 1.86 bits per heavy atom. The van der Waals surface area contributed by atoms with Crippen LogP contribution in [0.4, 0.5) is 5.82 Å². The van der Waals surface area contributed by atoms with Crippen molar-refractivity contribution in [1.82, 2.24) is 4.98 Å². The largest absolute Gasteiger partial charge is 0.488 e. The first-order valence-electron chi connectivity index (χ1n) is 7.42. The molecule has 0 aliphatic rings. The third-order valence-electron chi connectivity index (χ3n) is 3.31. The highest BCUT2D eigenvalue weighted by molar-refractivity contribution is 5.44. The molecule has 0 aliphatic heterocycles. The first-order chi connectivity index (χ1) is 10.0. The lowest BCUT2D eigenvalue weighted by atomic mass is 9.86. The molecule has 1 N–H and O–H groups in total. The lowest BCUT2D eigenvalue weighted by molar-refractivity contribution is 0.298. The number of aromatic nitrogens is 1. The predicted molar refractivity (Wildman–Crippen MR) is 87.9 cm³/mol. The van der Waals surface area contributed by atoms with Crippen LogP contribution in [0.2, 0.25) is 0 Å². The van der Waals surface area contributed by atoms with Gasteiger partial charge in [-0.25, -0.2) is 4.98 Å². The molecule has 1 heterocycles. The minimum Gasteiger partial charge on any atom is -0.488 e. The van der Waals surface area contributed by atoms with Crippen LogP contribution in [0.5, 0.6) is 5.75 Å². The van der Waals surface area contributed by atoms with E-state index in [1.54, 1.807) is 6.20 Å². The zero-order valence-electron chi connectivity index (χ0n) is 13.3. The van der Waals surface area contributed by atoms with E-state index in [0.29, 0.717) is 6.61 Å². The van der Waals surface area contributed by atoms with Gasteiger partial charge in [-0.15, -0.1) is 0 Å². The summed E-state index contributed by atoms with van der Waals surface area (Å²) in [5.74, 6) is 1.84. The van der Waals surface area contributed by atoms with Crippen LogP contribution in [-0.4, -0.2) is 11.5 Å². The zero-order valence-corrected chi connectivity index (χ0v) is 13.3. The normalized spacial score (nSPS) is 11.2. The summed E-state index contributed by atoms with van der Waals surface area (Å²) in [4.78, 5) is 4.36. The van der Waals surface area contributed by atoms with Crippen LogP contribution in [0, 0.1) is 0 Å². The minimum absolute atomic E-state index is 0.0655. The van der Waals surface area contributed by atoms with E-state index in [4.69, 9.17) is 4.74 Å². The first kappa shape index (κ1) is 15.4. The third kappa shape index (κ3) is 3.97. The summed E-state index contributed by atoms with van der Waals surface area (Å²) in [7, 11) is 0. The Morgan fingerprint density at radius 1 is 1.10 bits per heavy atom. The maximum Gasteiger partial charge on any atom is 0.132 e. The maximum absolute atomic E-state index is 6.06. The molecule has 0 radical (unpaired) electrons. The molecule has 0 fully saturated rings. The average Bonchev–Trinajstić information content (AvgIpc) is 2.46. The number of anilines is 1. The topological polar surface area (TPSA) is 34.2 Å². The number of para-hydroxylation sites is 1. The second-order valence-electron chi connectivity index (χ2n) is 6.08. The number of ether oxygens (including phenoxy) is 1. The number of rotatable bonds is 5. The number of hydrogen-bond donors (Lipinski definition) is 1. The smallest absolute Gasteiger partial charge is 0.132 e. The van der Waals surface area contributed by atoms with Gasteiger partial charge in [0, 0.05) is 18.3 Å². The van der Waals surface area contributed by atoms with Gasteiger partial charge < -0.3 is 10.1 Å². The highest BCUT2D eigenvalue weighted by Gasteiger charge is 2.18. The summed E-state index contributed by atoms with van der Waals surface area (Å²) in [6.45, 7) is 10.0. The van der Waals surface area contributed by atoms with Gasteiger partial charge in [-0.2, -0.15) is 0 Å². The van der Waals surface area contributed by atoms with Gasteiger partial charge in [0.1, 0.15) is 18.2 Å². The molecule has 21 heavy (non-hydrogen) atoms. The molecule has 2 rings (SSSR count). The molecule has 0 amide bonds. The van der Waals surface area contributed by atoms with Gasteiger partial charge in [-0.3, -0.25) is 0 Å². The van der Waals surface area contributed by atoms with Crippen LogP contribution in [-0.2, 0) is 12.0 Å². The summed E-state index contributed by atoms with van der Waals surface area (Å²) in [5, 5.41) is 3.27. The quantitative estimate of drug-likeness (QED) is 0.884. The molecule has 0 saturated heterocycles. The average molecular weight is 284 g/mol. The van der Waals surface area contributed by atoms with Crippen LogP contribution < -0.4 is 10.1 Å². The molecule has 3 heteroatoms. The van der Waals surface area contributed by atoms with Crippen molar-refractivity contribution in [1.29, 1.82) is 0 Å². The maximum atomic E-state index is 6.06. The van der Waals surface area contributed by atoms with E-state index in [9.17, 15) is 0 Å². The highest BCUT2D eigenvalue weighted by Crippen LogP contribution is 2.31. The van der Waals surface area contributed by atoms with E-state index in [-0.39, 0.29) is 5.41 Å². The van der Waals surface area contributed by atoms with Crippen LogP contribution in [0.15, 0.2) is 42.6 Å². The lowest BCUT2D eigenvalue weighted by Crippen LogP contribution is -2.13. The van der Waals surface area contributed by atoms with E-state index in [1.807, 2.05) is 24.3 Å². The fourth-order valence-electron chi connectivity index (χ4n) is 2.25. The Kier molecular flexibility index (Phi) is 4.84. The summed E-state index contributed by atoms with van der Waals surface area (Å²) >= 11 is 0. The van der Waals surface area contributed by atoms with Crippen molar-refractivity contribution in [2.24, 2.45) is 0 Å². The van der Waals surface area contributed by atoms with Crippen molar-refractivity contribution in [2.45, 2.75) is 39.7 Å². The van der Waals surface area contributed by atoms with Gasteiger partial charge in [0.2, 0.25) is 0 Å². The van der Waals surface area contributed by atoms with Crippen molar-refractivity contribution in [3.8, 4) is 5.75 Å². The molecule has 1 aromatic heterocycles. The fourth-order valence-corrected chi connectivity index (χ4v) is 2.25. The Bertz CT molecular complexity index is 588. The van der Waals surface area contributed by atoms with Crippen LogP contribution >= 0.6 is 0 Å². The Hall–Kier alpha value is -2.03. The van der Waals surface area contributed by atoms with Crippen molar-refractivity contribution in [3.05, 3.63) is 53.7 Å². The SMILES string of the molecule is CCNc1ncccc1COc1ccccc1C(C)(C)C. The van der Waals surface area contributed by atoms with Crippen LogP contribution in [0.25, 0.3) is 0 Å². The van der Waals surface area contributed by atoms with Crippen molar-refractivity contribution < 1.29 is 4.74 Å². The standard InChI is InChI=1S/C18H24N2O/c1-5-19-17-14(9-8-12-20-17)13-21-16-11-7-6-10-15(16)18(2,3)4/h6-12H,5,13H2,1-4H3,(H,19,20). The second kappa shape index (κ2) is 6.61. The van der Waals surface area contributed by atoms with E-state index in [2.05, 4.69) is 50.1 Å². The summed E-state index contributed by atoms with van der Waals surface area (Å²) in [6.07, 6.45) is 1.80. The van der Waals surface area contributed by atoms with Gasteiger partial charge in [0.15, 0.2) is 0 Å². The van der Waals surface area contributed by atoms with Gasteiger partial charge in [-0.1, -0.05) is 45.0 Å². The molecule has 0 aliphatic carbocycles. The number of nitrogens with zero attached hydrogens (tertiary/aromatic N) is 1. The highest BCUT2D eigenvalue weighted by atomic mass is 16.5. The minimum atomic E-state index is 0.0655. The van der Waals surface area contributed by atoms with E-state index < -0.39 is 0 Å². The molecule has 1 aromatic carbocycles. The molecule has 0 spiro atoms. The molecule has 2 aromatic rings. The van der Waals surface area contributed by atoms with Crippen molar-refractivity contribution in [2.75, 3.05) is 11.9 Å². The Labute approximate surface area is 127 Å². The van der Waals surface area contributed by atoms with E-state index in [1.165, 1.54) is 5.56 Å². The van der Waals surface area contributed by atoms with E-state index in [0.717, 1.165) is 23.7 Å².